The Balaban J connectivity index is 1.76. The molecular weight excluding hydrogens is 558 g/mol. The fourth-order valence-electron chi connectivity index (χ4n) is 3.61. The van der Waals surface area contributed by atoms with E-state index in [1.165, 1.54) is 38.3 Å². The number of rotatable bonds is 11. The maximum absolute atomic E-state index is 13.2. The molecule has 1 saturated heterocycles. The molecule has 39 heavy (non-hydrogen) atoms. The molecular formula is C22H27N5O10S2. The molecule has 17 heteroatoms. The number of hydrogen-bond donors (Lipinski definition) is 2. The van der Waals surface area contributed by atoms with Crippen molar-refractivity contribution < 1.29 is 47.8 Å². The summed E-state index contributed by atoms with van der Waals surface area (Å²) >= 11 is 2.33. The number of amides is 3. The first-order valence-corrected chi connectivity index (χ1v) is 13.3. The molecule has 2 aliphatic rings. The minimum Gasteiger partial charge on any atom is -0.497 e. The first-order chi connectivity index (χ1) is 18.5. The van der Waals surface area contributed by atoms with Gasteiger partial charge in [0, 0.05) is 12.3 Å². The van der Waals surface area contributed by atoms with E-state index in [9.17, 15) is 24.0 Å². The lowest BCUT2D eigenvalue weighted by Crippen LogP contribution is -2.71. The predicted molar refractivity (Wildman–Crippen MR) is 137 cm³/mol. The second-order valence-corrected chi connectivity index (χ2v) is 10.5. The fraction of sp³-hybridized carbons (Fsp3) is 0.500. The minimum absolute atomic E-state index is 0.118. The molecule has 0 aromatic carbocycles. The summed E-state index contributed by atoms with van der Waals surface area (Å²) in [6, 6.07) is -1.03. The highest BCUT2D eigenvalue weighted by Crippen LogP contribution is 2.44. The molecule has 212 valence electrons. The number of fused-ring (bicyclic) bond motifs is 1. The lowest BCUT2D eigenvalue weighted by atomic mass is 10.0. The summed E-state index contributed by atoms with van der Waals surface area (Å²) in [6.45, 7) is 6.33. The van der Waals surface area contributed by atoms with Crippen LogP contribution in [-0.4, -0.2) is 89.2 Å². The van der Waals surface area contributed by atoms with E-state index in [0.29, 0.717) is 6.41 Å². The number of methoxy groups -OCH3 is 1. The van der Waals surface area contributed by atoms with Crippen molar-refractivity contribution >= 4 is 64.3 Å². The lowest BCUT2D eigenvalue weighted by Gasteiger charge is -2.50. The van der Waals surface area contributed by atoms with Gasteiger partial charge in [0.2, 0.25) is 12.7 Å². The van der Waals surface area contributed by atoms with E-state index in [2.05, 4.69) is 20.8 Å². The van der Waals surface area contributed by atoms with Crippen molar-refractivity contribution in [1.82, 2.24) is 15.2 Å². The number of anilines is 1. The molecule has 2 aliphatic heterocycles. The number of thiazole rings is 1. The number of nitrogens with one attached hydrogen (secondary N) is 2. The standard InChI is InChI=1S/C22H27N5O10S2/c1-9(2)35-22(32)37-11(4)36-20(31)15-16(33-5)10(3)39-19-14(18(30)27(15)19)25-17(29)13(26-34-6)12-7-38-21(24-12)23-8-28/h7-11,14,19H,1-6H3,(H,25,29)(H,23,24,28)/b26-13-/t10?,11?,14?,19-/m1/s1. The number of hydrogen-bond acceptors (Lipinski definition) is 14. The minimum atomic E-state index is -1.32. The van der Waals surface area contributed by atoms with Crippen LogP contribution < -0.4 is 10.6 Å². The van der Waals surface area contributed by atoms with Gasteiger partial charge in [-0.3, -0.25) is 19.3 Å². The van der Waals surface area contributed by atoms with E-state index in [1.807, 2.05) is 0 Å². The highest BCUT2D eigenvalue weighted by molar-refractivity contribution is 8.00. The molecule has 2 N–H and O–H groups in total. The summed E-state index contributed by atoms with van der Waals surface area (Å²) in [5.74, 6) is -2.16. The maximum Gasteiger partial charge on any atom is 0.511 e. The van der Waals surface area contributed by atoms with Gasteiger partial charge in [-0.25, -0.2) is 14.6 Å². The van der Waals surface area contributed by atoms with Crippen molar-refractivity contribution in [3.8, 4) is 0 Å². The second-order valence-electron chi connectivity index (χ2n) is 8.18. The third-order valence-corrected chi connectivity index (χ3v) is 7.28. The van der Waals surface area contributed by atoms with E-state index < -0.39 is 53.0 Å². The number of esters is 1. The Hall–Kier alpha value is -3.86. The van der Waals surface area contributed by atoms with Gasteiger partial charge in [-0.2, -0.15) is 0 Å². The molecule has 4 atom stereocenters. The van der Waals surface area contributed by atoms with E-state index in [-0.39, 0.29) is 28.0 Å². The number of oxime groups is 1. The van der Waals surface area contributed by atoms with E-state index in [1.54, 1.807) is 20.8 Å². The Labute approximate surface area is 231 Å². The predicted octanol–water partition coefficient (Wildman–Crippen LogP) is 1.16. The molecule has 1 fully saturated rings. The molecule has 1 aromatic rings. The number of aromatic nitrogens is 1. The Morgan fingerprint density at radius 3 is 2.51 bits per heavy atom. The molecule has 0 bridgehead atoms. The average molecular weight is 586 g/mol. The van der Waals surface area contributed by atoms with Crippen LogP contribution in [0, 0.1) is 0 Å². The monoisotopic (exact) mass is 585 g/mol. The Bertz CT molecular complexity index is 1200. The summed E-state index contributed by atoms with van der Waals surface area (Å²) < 4.78 is 20.4. The Morgan fingerprint density at radius 1 is 1.18 bits per heavy atom. The summed E-state index contributed by atoms with van der Waals surface area (Å²) in [5.41, 5.74) is -0.278. The number of carbonyl (C=O) groups excluding carboxylic acids is 5. The molecule has 3 heterocycles. The normalized spacial score (nSPS) is 21.3. The van der Waals surface area contributed by atoms with Gasteiger partial charge in [-0.15, -0.1) is 23.1 Å². The SMILES string of the molecule is CO/N=C(\C(=O)NC1C(=O)N2C(C(=O)OC(C)OC(=O)OC(C)C)=C(OC)C(C)S[C@H]12)c1csc(NC=O)n1. The topological polar surface area (TPSA) is 184 Å². The van der Waals surface area contributed by atoms with Crippen LogP contribution in [0.2, 0.25) is 0 Å². The van der Waals surface area contributed by atoms with E-state index in [0.717, 1.165) is 16.2 Å². The maximum atomic E-state index is 13.2. The van der Waals surface area contributed by atoms with Crippen molar-refractivity contribution in [2.45, 2.75) is 56.8 Å². The van der Waals surface area contributed by atoms with Gasteiger partial charge in [0.05, 0.1) is 18.5 Å². The zero-order valence-electron chi connectivity index (χ0n) is 21.8. The zero-order valence-corrected chi connectivity index (χ0v) is 23.4. The van der Waals surface area contributed by atoms with Gasteiger partial charge in [0.25, 0.3) is 11.8 Å². The largest absolute Gasteiger partial charge is 0.511 e. The molecule has 15 nitrogen and oxygen atoms in total. The fourth-order valence-corrected chi connectivity index (χ4v) is 5.69. The third kappa shape index (κ3) is 6.59. The quantitative estimate of drug-likeness (QED) is 0.0945. The van der Waals surface area contributed by atoms with Crippen molar-refractivity contribution in [1.29, 1.82) is 0 Å². The summed E-state index contributed by atoms with van der Waals surface area (Å²) in [5, 5.41) is 9.30. The lowest BCUT2D eigenvalue weighted by molar-refractivity contribution is -0.170. The van der Waals surface area contributed by atoms with Gasteiger partial charge >= 0.3 is 12.1 Å². The van der Waals surface area contributed by atoms with Gasteiger partial charge in [0.15, 0.2) is 16.5 Å². The van der Waals surface area contributed by atoms with Crippen LogP contribution in [0.1, 0.15) is 33.4 Å². The van der Waals surface area contributed by atoms with Crippen LogP contribution in [0.25, 0.3) is 0 Å². The number of thioether (sulfide) groups is 1. The highest BCUT2D eigenvalue weighted by Gasteiger charge is 2.57. The van der Waals surface area contributed by atoms with Gasteiger partial charge in [-0.1, -0.05) is 5.16 Å². The van der Waals surface area contributed by atoms with Crippen molar-refractivity contribution in [2.24, 2.45) is 5.16 Å². The smallest absolute Gasteiger partial charge is 0.497 e. The first kappa shape index (κ1) is 29.7. The Kier molecular flexibility index (Phi) is 9.74. The molecule has 0 aliphatic carbocycles. The number of ether oxygens (including phenoxy) is 4. The van der Waals surface area contributed by atoms with Crippen LogP contribution in [0.4, 0.5) is 9.93 Å². The summed E-state index contributed by atoms with van der Waals surface area (Å²) in [4.78, 5) is 71.7. The van der Waals surface area contributed by atoms with Crippen molar-refractivity contribution in [2.75, 3.05) is 19.5 Å². The molecule has 3 amide bonds. The van der Waals surface area contributed by atoms with Crippen LogP contribution in [0.5, 0.6) is 0 Å². The second kappa shape index (κ2) is 12.8. The average Bonchev–Trinajstić information content (AvgIpc) is 3.32. The molecule has 0 saturated carbocycles. The molecule has 0 radical (unpaired) electrons. The van der Waals surface area contributed by atoms with Crippen LogP contribution in [0.15, 0.2) is 22.0 Å². The van der Waals surface area contributed by atoms with Crippen LogP contribution in [0.3, 0.4) is 0 Å². The molecule has 3 rings (SSSR count). The summed E-state index contributed by atoms with van der Waals surface area (Å²) in [6.07, 6.45) is -2.35. The van der Waals surface area contributed by atoms with Crippen molar-refractivity contribution in [3.05, 3.63) is 22.5 Å². The van der Waals surface area contributed by atoms with Gasteiger partial charge < -0.3 is 34.4 Å². The number of β-lactam (4-membered cyclic amide) rings is 1. The highest BCUT2D eigenvalue weighted by atomic mass is 32.2. The van der Waals surface area contributed by atoms with E-state index in [4.69, 9.17) is 23.8 Å². The van der Waals surface area contributed by atoms with Crippen LogP contribution in [-0.2, 0) is 43.0 Å². The van der Waals surface area contributed by atoms with Gasteiger partial charge in [-0.05, 0) is 20.8 Å². The molecule has 0 spiro atoms. The van der Waals surface area contributed by atoms with Gasteiger partial charge in [0.1, 0.15) is 30.0 Å². The zero-order chi connectivity index (χ0) is 28.9. The number of nitrogens with zero attached hydrogens (tertiary/aromatic N) is 3. The Morgan fingerprint density at radius 2 is 1.90 bits per heavy atom. The van der Waals surface area contributed by atoms with E-state index >= 15 is 0 Å². The third-order valence-electron chi connectivity index (χ3n) is 5.12. The molecule has 1 aromatic heterocycles. The first-order valence-electron chi connectivity index (χ1n) is 11.4. The summed E-state index contributed by atoms with van der Waals surface area (Å²) in [7, 11) is 2.58. The van der Waals surface area contributed by atoms with Crippen molar-refractivity contribution in [3.63, 3.8) is 0 Å². The molecule has 3 unspecified atom stereocenters. The number of carbonyl (C=O) groups is 5. The van der Waals surface area contributed by atoms with Crippen LogP contribution >= 0.6 is 23.1 Å².